The molecule has 0 unspecified atom stereocenters. The van der Waals surface area contributed by atoms with E-state index in [0.29, 0.717) is 29.2 Å². The van der Waals surface area contributed by atoms with Gasteiger partial charge in [-0.1, -0.05) is 80.9 Å². The van der Waals surface area contributed by atoms with Crippen LogP contribution in [0.25, 0.3) is 0 Å². The van der Waals surface area contributed by atoms with E-state index in [2.05, 4.69) is 5.32 Å². The highest BCUT2D eigenvalue weighted by Gasteiger charge is 2.34. The fourth-order valence-corrected chi connectivity index (χ4v) is 5.82. The Balaban J connectivity index is 2.04. The number of halogens is 1. The molecule has 0 aromatic heterocycles. The maximum Gasteiger partial charge on any atom is 0.264 e. The minimum Gasteiger partial charge on any atom is -0.354 e. The number of amides is 2. The van der Waals surface area contributed by atoms with E-state index < -0.39 is 28.5 Å². The lowest BCUT2D eigenvalue weighted by atomic mass is 10.1. The minimum absolute atomic E-state index is 0.0132. The van der Waals surface area contributed by atoms with Gasteiger partial charge in [0.05, 0.1) is 10.6 Å². The van der Waals surface area contributed by atoms with Crippen molar-refractivity contribution in [1.82, 2.24) is 10.2 Å². The van der Waals surface area contributed by atoms with Crippen LogP contribution in [0.4, 0.5) is 5.69 Å². The molecule has 0 saturated heterocycles. The van der Waals surface area contributed by atoms with E-state index in [1.807, 2.05) is 57.2 Å². The molecule has 3 aromatic carbocycles. The van der Waals surface area contributed by atoms with Crippen molar-refractivity contribution in [3.05, 3.63) is 95.0 Å². The second kappa shape index (κ2) is 13.6. The number of hydrogen-bond acceptors (Lipinski definition) is 4. The number of rotatable bonds is 12. The molecule has 0 spiro atoms. The molecule has 0 bridgehead atoms. The van der Waals surface area contributed by atoms with E-state index in [1.165, 1.54) is 29.2 Å². The Labute approximate surface area is 236 Å². The molecular weight excluding hydrogens is 534 g/mol. The van der Waals surface area contributed by atoms with Crippen molar-refractivity contribution in [1.29, 1.82) is 0 Å². The summed E-state index contributed by atoms with van der Waals surface area (Å²) >= 11 is 6.00. The normalized spacial score (nSPS) is 12.2. The number of nitrogens with zero attached hydrogens (tertiary/aromatic N) is 2. The van der Waals surface area contributed by atoms with Gasteiger partial charge in [-0.2, -0.15) is 0 Å². The third kappa shape index (κ3) is 7.83. The topological polar surface area (TPSA) is 86.8 Å². The molecule has 39 heavy (non-hydrogen) atoms. The molecule has 3 rings (SSSR count). The summed E-state index contributed by atoms with van der Waals surface area (Å²) in [5.74, 6) is -0.504. The van der Waals surface area contributed by atoms with Crippen molar-refractivity contribution in [3.8, 4) is 0 Å². The average Bonchev–Trinajstić information content (AvgIpc) is 2.91. The van der Waals surface area contributed by atoms with Gasteiger partial charge in [0.25, 0.3) is 10.0 Å². The molecule has 0 aliphatic heterocycles. The molecule has 0 aliphatic carbocycles. The van der Waals surface area contributed by atoms with Gasteiger partial charge >= 0.3 is 0 Å². The number of para-hydroxylation sites is 1. The Morgan fingerprint density at radius 3 is 2.13 bits per heavy atom. The first-order valence-corrected chi connectivity index (χ1v) is 14.8. The number of nitrogens with one attached hydrogen (secondary N) is 1. The summed E-state index contributed by atoms with van der Waals surface area (Å²) in [5, 5.41) is 3.34. The molecule has 0 radical (unpaired) electrons. The van der Waals surface area contributed by atoms with Gasteiger partial charge in [-0.25, -0.2) is 8.42 Å². The quantitative estimate of drug-likeness (QED) is 0.315. The second-order valence-electron chi connectivity index (χ2n) is 9.82. The third-order valence-electron chi connectivity index (χ3n) is 6.33. The first kappa shape index (κ1) is 30.2. The zero-order valence-corrected chi connectivity index (χ0v) is 24.4. The summed E-state index contributed by atoms with van der Waals surface area (Å²) in [6.45, 7) is 7.79. The number of sulfonamides is 1. The molecule has 7 nitrogen and oxygen atoms in total. The average molecular weight is 570 g/mol. The number of aryl methyl sites for hydroxylation is 1. The number of benzene rings is 3. The van der Waals surface area contributed by atoms with Gasteiger partial charge in [-0.05, 0) is 60.7 Å². The molecule has 9 heteroatoms. The molecule has 0 saturated carbocycles. The van der Waals surface area contributed by atoms with Crippen LogP contribution in [0.2, 0.25) is 5.02 Å². The summed E-state index contributed by atoms with van der Waals surface area (Å²) in [5.41, 5.74) is 1.92. The number of anilines is 1. The third-order valence-corrected chi connectivity index (χ3v) is 8.36. The van der Waals surface area contributed by atoms with Crippen LogP contribution < -0.4 is 9.62 Å². The van der Waals surface area contributed by atoms with Crippen LogP contribution in [0.1, 0.15) is 38.3 Å². The standard InChI is InChI=1S/C30H36ClN3O4S/c1-5-27(30(36)32-19-22(2)3)33(20-24-12-7-6-8-13-24)29(35)21-34(28-14-10-9-11-23(28)4)39(37,38)26-17-15-25(31)16-18-26/h6-18,22,27H,5,19-21H2,1-4H3,(H,32,36)/t27-/m0/s1. The fraction of sp³-hybridized carbons (Fsp3) is 0.333. The second-order valence-corrected chi connectivity index (χ2v) is 12.1. The monoisotopic (exact) mass is 569 g/mol. The Bertz CT molecular complexity index is 1360. The highest BCUT2D eigenvalue weighted by molar-refractivity contribution is 7.92. The van der Waals surface area contributed by atoms with E-state index in [-0.39, 0.29) is 23.3 Å². The number of hydrogen-bond donors (Lipinski definition) is 1. The lowest BCUT2D eigenvalue weighted by Crippen LogP contribution is -2.52. The first-order chi connectivity index (χ1) is 18.5. The van der Waals surface area contributed by atoms with Gasteiger partial charge in [0.15, 0.2) is 0 Å². The van der Waals surface area contributed by atoms with E-state index in [1.54, 1.807) is 25.1 Å². The van der Waals surface area contributed by atoms with Crippen LogP contribution in [0.5, 0.6) is 0 Å². The Morgan fingerprint density at radius 2 is 1.54 bits per heavy atom. The highest BCUT2D eigenvalue weighted by Crippen LogP contribution is 2.28. The van der Waals surface area contributed by atoms with Crippen molar-refractivity contribution in [2.45, 2.75) is 51.6 Å². The minimum atomic E-state index is -4.14. The van der Waals surface area contributed by atoms with Gasteiger partial charge in [-0.3, -0.25) is 13.9 Å². The summed E-state index contributed by atoms with van der Waals surface area (Å²) in [6, 6.07) is 21.4. The van der Waals surface area contributed by atoms with Crippen molar-refractivity contribution in [2.24, 2.45) is 5.92 Å². The zero-order chi connectivity index (χ0) is 28.6. The Morgan fingerprint density at radius 1 is 0.923 bits per heavy atom. The zero-order valence-electron chi connectivity index (χ0n) is 22.8. The fourth-order valence-electron chi connectivity index (χ4n) is 4.21. The summed E-state index contributed by atoms with van der Waals surface area (Å²) in [4.78, 5) is 28.8. The van der Waals surface area contributed by atoms with Crippen LogP contribution in [-0.2, 0) is 26.2 Å². The molecule has 0 heterocycles. The van der Waals surface area contributed by atoms with Crippen LogP contribution >= 0.6 is 11.6 Å². The molecular formula is C30H36ClN3O4S. The van der Waals surface area contributed by atoms with E-state index in [0.717, 1.165) is 9.87 Å². The molecule has 0 fully saturated rings. The Kier molecular flexibility index (Phi) is 10.5. The maximum atomic E-state index is 14.0. The van der Waals surface area contributed by atoms with Crippen LogP contribution in [0.3, 0.4) is 0 Å². The first-order valence-electron chi connectivity index (χ1n) is 13.0. The predicted octanol–water partition coefficient (Wildman–Crippen LogP) is 5.42. The van der Waals surface area contributed by atoms with Gasteiger partial charge in [0.1, 0.15) is 12.6 Å². The van der Waals surface area contributed by atoms with Gasteiger partial charge in [0, 0.05) is 18.1 Å². The number of carbonyl (C=O) groups is 2. The van der Waals surface area contributed by atoms with Crippen molar-refractivity contribution in [3.63, 3.8) is 0 Å². The van der Waals surface area contributed by atoms with Gasteiger partial charge in [0.2, 0.25) is 11.8 Å². The molecule has 3 aromatic rings. The SMILES string of the molecule is CC[C@@H](C(=O)NCC(C)C)N(Cc1ccccc1)C(=O)CN(c1ccccc1C)S(=O)(=O)c1ccc(Cl)cc1. The molecule has 208 valence electrons. The largest absolute Gasteiger partial charge is 0.354 e. The van der Waals surface area contributed by atoms with Gasteiger partial charge in [-0.15, -0.1) is 0 Å². The summed E-state index contributed by atoms with van der Waals surface area (Å²) in [7, 11) is -4.14. The Hall–Kier alpha value is -3.36. The lowest BCUT2D eigenvalue weighted by Gasteiger charge is -2.33. The molecule has 1 atom stereocenters. The van der Waals surface area contributed by atoms with Crippen molar-refractivity contribution < 1.29 is 18.0 Å². The summed E-state index contributed by atoms with van der Waals surface area (Å²) < 4.78 is 28.9. The highest BCUT2D eigenvalue weighted by atomic mass is 35.5. The van der Waals surface area contributed by atoms with Crippen molar-refractivity contribution in [2.75, 3.05) is 17.4 Å². The van der Waals surface area contributed by atoms with Crippen LogP contribution in [-0.4, -0.2) is 44.3 Å². The lowest BCUT2D eigenvalue weighted by molar-refractivity contribution is -0.140. The number of carbonyl (C=O) groups excluding carboxylic acids is 2. The van der Waals surface area contributed by atoms with Crippen molar-refractivity contribution >= 4 is 39.1 Å². The smallest absolute Gasteiger partial charge is 0.264 e. The van der Waals surface area contributed by atoms with E-state index >= 15 is 0 Å². The maximum absolute atomic E-state index is 14.0. The molecule has 2 amide bonds. The van der Waals surface area contributed by atoms with E-state index in [4.69, 9.17) is 11.6 Å². The van der Waals surface area contributed by atoms with Crippen LogP contribution in [0, 0.1) is 12.8 Å². The van der Waals surface area contributed by atoms with Gasteiger partial charge < -0.3 is 10.2 Å². The van der Waals surface area contributed by atoms with Crippen LogP contribution in [0.15, 0.2) is 83.8 Å². The summed E-state index contributed by atoms with van der Waals surface area (Å²) in [6.07, 6.45) is 0.372. The molecule has 1 N–H and O–H groups in total. The molecule has 0 aliphatic rings. The predicted molar refractivity (Wildman–Crippen MR) is 156 cm³/mol. The van der Waals surface area contributed by atoms with E-state index in [9.17, 15) is 18.0 Å².